The van der Waals surface area contributed by atoms with E-state index in [1.807, 2.05) is 12.1 Å². The number of methoxy groups -OCH3 is 1. The van der Waals surface area contributed by atoms with E-state index in [9.17, 15) is 14.4 Å². The largest absolute Gasteiger partial charge is 0.491 e. The Morgan fingerprint density at radius 3 is 2.57 bits per heavy atom. The van der Waals surface area contributed by atoms with E-state index in [0.717, 1.165) is 5.56 Å². The molecule has 1 heterocycles. The fourth-order valence-corrected chi connectivity index (χ4v) is 2.98. The number of carbonyl (C=O) groups excluding carboxylic acids is 3. The number of nitrogens with zero attached hydrogens (tertiary/aromatic N) is 2. The second-order valence-electron chi connectivity index (χ2n) is 6.48. The highest BCUT2D eigenvalue weighted by Gasteiger charge is 2.26. The van der Waals surface area contributed by atoms with Crippen molar-refractivity contribution in [3.8, 4) is 5.75 Å². The predicted octanol–water partition coefficient (Wildman–Crippen LogP) is 2.25. The summed E-state index contributed by atoms with van der Waals surface area (Å²) in [4.78, 5) is 39.7. The first-order valence-electron chi connectivity index (χ1n) is 8.93. The van der Waals surface area contributed by atoms with Crippen molar-refractivity contribution in [1.82, 2.24) is 4.90 Å². The summed E-state index contributed by atoms with van der Waals surface area (Å²) in [6, 6.07) is 14.1. The second-order valence-corrected chi connectivity index (χ2v) is 6.48. The van der Waals surface area contributed by atoms with Crippen molar-refractivity contribution >= 4 is 23.5 Å². The van der Waals surface area contributed by atoms with Gasteiger partial charge in [-0.25, -0.2) is 4.79 Å². The van der Waals surface area contributed by atoms with Gasteiger partial charge in [0.25, 0.3) is 0 Å². The van der Waals surface area contributed by atoms with Gasteiger partial charge in [0.2, 0.25) is 11.8 Å². The minimum Gasteiger partial charge on any atom is -0.491 e. The van der Waals surface area contributed by atoms with E-state index < -0.39 is 5.97 Å². The van der Waals surface area contributed by atoms with Crippen LogP contribution in [-0.2, 0) is 20.9 Å². The molecule has 0 fully saturated rings. The summed E-state index contributed by atoms with van der Waals surface area (Å²) in [5.74, 6) is -0.144. The lowest BCUT2D eigenvalue weighted by molar-refractivity contribution is -0.130. The number of para-hydroxylation sites is 2. The van der Waals surface area contributed by atoms with Crippen molar-refractivity contribution in [2.24, 2.45) is 0 Å². The highest BCUT2D eigenvalue weighted by Crippen LogP contribution is 2.30. The van der Waals surface area contributed by atoms with E-state index in [1.54, 1.807) is 48.3 Å². The number of ether oxygens (including phenoxy) is 2. The SMILES string of the molecule is COC(=O)c1ccc(CN(C)C(=O)CN2C(=O)CCOc3ccccc32)cc1. The van der Waals surface area contributed by atoms with E-state index >= 15 is 0 Å². The molecule has 1 aliphatic heterocycles. The van der Waals surface area contributed by atoms with Crippen LogP contribution in [0.5, 0.6) is 5.75 Å². The lowest BCUT2D eigenvalue weighted by atomic mass is 10.1. The van der Waals surface area contributed by atoms with Gasteiger partial charge in [0, 0.05) is 13.6 Å². The van der Waals surface area contributed by atoms with E-state index in [-0.39, 0.29) is 24.8 Å². The fourth-order valence-electron chi connectivity index (χ4n) is 2.98. The number of amides is 2. The summed E-state index contributed by atoms with van der Waals surface area (Å²) in [5.41, 5.74) is 1.93. The average Bonchev–Trinajstić information content (AvgIpc) is 2.87. The van der Waals surface area contributed by atoms with Gasteiger partial charge in [-0.1, -0.05) is 24.3 Å². The number of anilines is 1. The third-order valence-electron chi connectivity index (χ3n) is 4.54. The Hall–Kier alpha value is -3.35. The first kappa shape index (κ1) is 19.4. The molecule has 2 amide bonds. The van der Waals surface area contributed by atoms with Gasteiger partial charge < -0.3 is 14.4 Å². The zero-order chi connectivity index (χ0) is 20.1. The molecule has 0 saturated heterocycles. The molecule has 2 aromatic rings. The molecule has 3 rings (SSSR count). The molecule has 7 nitrogen and oxygen atoms in total. The first-order chi connectivity index (χ1) is 13.5. The van der Waals surface area contributed by atoms with Crippen LogP contribution < -0.4 is 9.64 Å². The van der Waals surface area contributed by atoms with Crippen molar-refractivity contribution in [3.63, 3.8) is 0 Å². The summed E-state index contributed by atoms with van der Waals surface area (Å²) in [6.07, 6.45) is 0.223. The summed E-state index contributed by atoms with van der Waals surface area (Å²) >= 11 is 0. The molecule has 28 heavy (non-hydrogen) atoms. The highest BCUT2D eigenvalue weighted by molar-refractivity contribution is 6.00. The lowest BCUT2D eigenvalue weighted by Gasteiger charge is -2.25. The number of carbonyl (C=O) groups is 3. The van der Waals surface area contributed by atoms with E-state index in [0.29, 0.717) is 30.2 Å². The van der Waals surface area contributed by atoms with Crippen LogP contribution in [0.3, 0.4) is 0 Å². The van der Waals surface area contributed by atoms with Crippen LogP contribution in [-0.4, -0.2) is 50.0 Å². The Morgan fingerprint density at radius 2 is 1.86 bits per heavy atom. The van der Waals surface area contributed by atoms with Gasteiger partial charge >= 0.3 is 5.97 Å². The zero-order valence-corrected chi connectivity index (χ0v) is 15.9. The molecular weight excluding hydrogens is 360 g/mol. The van der Waals surface area contributed by atoms with Gasteiger partial charge in [-0.15, -0.1) is 0 Å². The Morgan fingerprint density at radius 1 is 1.14 bits per heavy atom. The summed E-state index contributed by atoms with van der Waals surface area (Å²) < 4.78 is 10.3. The number of likely N-dealkylation sites (N-methyl/N-ethyl adjacent to an activating group) is 1. The van der Waals surface area contributed by atoms with Gasteiger partial charge in [-0.05, 0) is 29.8 Å². The standard InChI is InChI=1S/C21H22N2O5/c1-22(13-15-7-9-16(10-8-15)21(26)27-2)20(25)14-23-17-5-3-4-6-18(17)28-12-11-19(23)24/h3-10H,11-14H2,1-2H3. The van der Waals surface area contributed by atoms with Gasteiger partial charge in [0.05, 0.1) is 31.4 Å². The topological polar surface area (TPSA) is 76.2 Å². The summed E-state index contributed by atoms with van der Waals surface area (Å²) in [6.45, 7) is 0.597. The molecule has 0 saturated carbocycles. The van der Waals surface area contributed by atoms with Crippen LogP contribution in [0.1, 0.15) is 22.3 Å². The molecule has 7 heteroatoms. The molecular formula is C21H22N2O5. The number of hydrogen-bond donors (Lipinski definition) is 0. The Labute approximate surface area is 163 Å². The summed E-state index contributed by atoms with van der Waals surface area (Å²) in [5, 5.41) is 0. The van der Waals surface area contributed by atoms with Gasteiger partial charge in [0.15, 0.2) is 0 Å². The van der Waals surface area contributed by atoms with Gasteiger partial charge in [-0.2, -0.15) is 0 Å². The van der Waals surface area contributed by atoms with Crippen molar-refractivity contribution in [2.75, 3.05) is 32.2 Å². The summed E-state index contributed by atoms with van der Waals surface area (Å²) in [7, 11) is 3.01. The number of rotatable bonds is 5. The van der Waals surface area contributed by atoms with Crippen LogP contribution >= 0.6 is 0 Å². The van der Waals surface area contributed by atoms with Gasteiger partial charge in [-0.3, -0.25) is 14.5 Å². The fraction of sp³-hybridized carbons (Fsp3) is 0.286. The van der Waals surface area contributed by atoms with Crippen LogP contribution in [0.2, 0.25) is 0 Å². The molecule has 0 aliphatic carbocycles. The maximum Gasteiger partial charge on any atom is 0.337 e. The minimum absolute atomic E-state index is 0.0596. The maximum absolute atomic E-state index is 12.7. The van der Waals surface area contributed by atoms with Crippen LogP contribution in [0.15, 0.2) is 48.5 Å². The first-order valence-corrected chi connectivity index (χ1v) is 8.93. The Balaban J connectivity index is 1.68. The molecule has 0 aromatic heterocycles. The number of esters is 1. The number of fused-ring (bicyclic) bond motifs is 1. The smallest absolute Gasteiger partial charge is 0.337 e. The molecule has 0 unspecified atom stereocenters. The quantitative estimate of drug-likeness (QED) is 0.742. The molecule has 0 atom stereocenters. The maximum atomic E-state index is 12.7. The highest BCUT2D eigenvalue weighted by atomic mass is 16.5. The van der Waals surface area contributed by atoms with Crippen molar-refractivity contribution in [3.05, 3.63) is 59.7 Å². The molecule has 2 aromatic carbocycles. The normalized spacial score (nSPS) is 13.2. The molecule has 146 valence electrons. The van der Waals surface area contributed by atoms with E-state index in [1.165, 1.54) is 12.0 Å². The van der Waals surface area contributed by atoms with E-state index in [4.69, 9.17) is 4.74 Å². The predicted molar refractivity (Wildman–Crippen MR) is 103 cm³/mol. The third-order valence-corrected chi connectivity index (χ3v) is 4.54. The van der Waals surface area contributed by atoms with Gasteiger partial charge in [0.1, 0.15) is 12.3 Å². The van der Waals surface area contributed by atoms with Crippen LogP contribution in [0.4, 0.5) is 5.69 Å². The van der Waals surface area contributed by atoms with E-state index in [2.05, 4.69) is 4.74 Å². The third kappa shape index (κ3) is 4.31. The second kappa shape index (κ2) is 8.56. The van der Waals surface area contributed by atoms with Crippen LogP contribution in [0, 0.1) is 0 Å². The zero-order valence-electron chi connectivity index (χ0n) is 15.9. The van der Waals surface area contributed by atoms with Crippen molar-refractivity contribution in [1.29, 1.82) is 0 Å². The molecule has 0 radical (unpaired) electrons. The minimum atomic E-state index is -0.406. The molecule has 0 N–H and O–H groups in total. The Kier molecular flexibility index (Phi) is 5.93. The number of hydrogen-bond acceptors (Lipinski definition) is 5. The average molecular weight is 382 g/mol. The lowest BCUT2D eigenvalue weighted by Crippen LogP contribution is -2.41. The van der Waals surface area contributed by atoms with Crippen LogP contribution in [0.25, 0.3) is 0 Å². The molecule has 1 aliphatic rings. The van der Waals surface area contributed by atoms with Crippen molar-refractivity contribution < 1.29 is 23.9 Å². The molecule has 0 bridgehead atoms. The van der Waals surface area contributed by atoms with Crippen molar-refractivity contribution in [2.45, 2.75) is 13.0 Å². The number of benzene rings is 2. The Bertz CT molecular complexity index is 879. The monoisotopic (exact) mass is 382 g/mol. The molecule has 0 spiro atoms.